The molecule has 1 aromatic carbocycles. The second-order valence-electron chi connectivity index (χ2n) is 4.92. The molecule has 1 aliphatic rings. The minimum Gasteiger partial charge on any atom is -0.372 e. The quantitative estimate of drug-likeness (QED) is 0.600. The van der Waals surface area contributed by atoms with E-state index in [0.717, 1.165) is 6.07 Å². The highest BCUT2D eigenvalue weighted by molar-refractivity contribution is 5.63. The third kappa shape index (κ3) is 2.59. The zero-order valence-corrected chi connectivity index (χ0v) is 10.4. The molecule has 2 rings (SSSR count). The van der Waals surface area contributed by atoms with Gasteiger partial charge in [-0.3, -0.25) is 10.1 Å². The average molecular weight is 254 g/mol. The highest BCUT2D eigenvalue weighted by Crippen LogP contribution is 2.31. The molecular formula is C12H15FN2O3. The minimum absolute atomic E-state index is 0.0749. The smallest absolute Gasteiger partial charge is 0.292 e. The lowest BCUT2D eigenvalue weighted by Gasteiger charge is -2.39. The van der Waals surface area contributed by atoms with Crippen LogP contribution in [0.2, 0.25) is 0 Å². The zero-order valence-electron chi connectivity index (χ0n) is 10.4. The first-order chi connectivity index (χ1) is 8.39. The van der Waals surface area contributed by atoms with Crippen LogP contribution in [0.1, 0.15) is 13.8 Å². The van der Waals surface area contributed by atoms with E-state index in [1.54, 1.807) is 4.90 Å². The van der Waals surface area contributed by atoms with Crippen LogP contribution < -0.4 is 4.90 Å². The Morgan fingerprint density at radius 2 is 2.22 bits per heavy atom. The van der Waals surface area contributed by atoms with Crippen molar-refractivity contribution in [3.05, 3.63) is 34.1 Å². The number of nitro groups is 1. The fourth-order valence-corrected chi connectivity index (χ4v) is 2.13. The molecule has 0 N–H and O–H groups in total. The molecule has 0 saturated carbocycles. The Hall–Kier alpha value is -1.69. The molecule has 1 aliphatic heterocycles. The van der Waals surface area contributed by atoms with Gasteiger partial charge in [-0.2, -0.15) is 0 Å². The summed E-state index contributed by atoms with van der Waals surface area (Å²) >= 11 is 0. The molecule has 0 spiro atoms. The summed E-state index contributed by atoms with van der Waals surface area (Å²) in [6, 6.07) is 3.51. The number of hydrogen-bond acceptors (Lipinski definition) is 4. The van der Waals surface area contributed by atoms with E-state index in [-0.39, 0.29) is 5.69 Å². The predicted octanol–water partition coefficient (Wildman–Crippen LogP) is 2.35. The van der Waals surface area contributed by atoms with Crippen molar-refractivity contribution in [1.29, 1.82) is 0 Å². The molecular weight excluding hydrogens is 239 g/mol. The minimum atomic E-state index is -0.489. The molecule has 0 unspecified atom stereocenters. The van der Waals surface area contributed by atoms with Gasteiger partial charge in [-0.25, -0.2) is 4.39 Å². The maximum Gasteiger partial charge on any atom is 0.292 e. The molecule has 5 nitrogen and oxygen atoms in total. The molecule has 0 amide bonds. The van der Waals surface area contributed by atoms with Crippen molar-refractivity contribution in [2.75, 3.05) is 24.6 Å². The van der Waals surface area contributed by atoms with Gasteiger partial charge in [0.2, 0.25) is 0 Å². The van der Waals surface area contributed by atoms with Crippen LogP contribution >= 0.6 is 0 Å². The molecule has 98 valence electrons. The van der Waals surface area contributed by atoms with Gasteiger partial charge in [0.1, 0.15) is 11.5 Å². The van der Waals surface area contributed by atoms with Gasteiger partial charge in [-0.15, -0.1) is 0 Å². The van der Waals surface area contributed by atoms with Gasteiger partial charge in [0.05, 0.1) is 17.1 Å². The number of anilines is 1. The first-order valence-corrected chi connectivity index (χ1v) is 5.72. The molecule has 1 fully saturated rings. The Morgan fingerprint density at radius 3 is 2.83 bits per heavy atom. The molecule has 0 aliphatic carbocycles. The van der Waals surface area contributed by atoms with E-state index in [1.807, 2.05) is 13.8 Å². The molecule has 1 heterocycles. The Morgan fingerprint density at radius 1 is 1.50 bits per heavy atom. The van der Waals surface area contributed by atoms with Gasteiger partial charge in [0.15, 0.2) is 0 Å². The van der Waals surface area contributed by atoms with Gasteiger partial charge < -0.3 is 9.64 Å². The van der Waals surface area contributed by atoms with Crippen molar-refractivity contribution in [3.63, 3.8) is 0 Å². The third-order valence-electron chi connectivity index (χ3n) is 2.90. The molecule has 6 heteroatoms. The molecule has 1 aromatic rings. The molecule has 0 atom stereocenters. The molecule has 18 heavy (non-hydrogen) atoms. The fourth-order valence-electron chi connectivity index (χ4n) is 2.13. The third-order valence-corrected chi connectivity index (χ3v) is 2.90. The van der Waals surface area contributed by atoms with E-state index < -0.39 is 16.3 Å². The Bertz CT molecular complexity index is 476. The van der Waals surface area contributed by atoms with Gasteiger partial charge in [-0.05, 0) is 19.9 Å². The van der Waals surface area contributed by atoms with Crippen molar-refractivity contribution < 1.29 is 14.1 Å². The van der Waals surface area contributed by atoms with Crippen LogP contribution in [0.25, 0.3) is 0 Å². The van der Waals surface area contributed by atoms with Crippen LogP contribution in [0, 0.1) is 15.9 Å². The van der Waals surface area contributed by atoms with Crippen molar-refractivity contribution in [3.8, 4) is 0 Å². The molecule has 0 radical (unpaired) electrons. The van der Waals surface area contributed by atoms with Gasteiger partial charge in [0, 0.05) is 25.2 Å². The lowest BCUT2D eigenvalue weighted by atomic mass is 10.1. The van der Waals surface area contributed by atoms with Crippen LogP contribution in [0.3, 0.4) is 0 Å². The Balaban J connectivity index is 2.37. The lowest BCUT2D eigenvalue weighted by molar-refractivity contribution is -0.384. The summed E-state index contributed by atoms with van der Waals surface area (Å²) in [6.45, 7) is 5.31. The van der Waals surface area contributed by atoms with Crippen LogP contribution in [0.15, 0.2) is 18.2 Å². The number of rotatable bonds is 2. The maximum atomic E-state index is 13.3. The van der Waals surface area contributed by atoms with Crippen LogP contribution in [0.5, 0.6) is 0 Å². The molecule has 0 bridgehead atoms. The summed E-state index contributed by atoms with van der Waals surface area (Å²) in [6.07, 6.45) is 0. The first-order valence-electron chi connectivity index (χ1n) is 5.72. The predicted molar refractivity (Wildman–Crippen MR) is 65.3 cm³/mol. The lowest BCUT2D eigenvalue weighted by Crippen LogP contribution is -2.48. The Labute approximate surface area is 104 Å². The van der Waals surface area contributed by atoms with Crippen molar-refractivity contribution in [1.82, 2.24) is 0 Å². The second-order valence-corrected chi connectivity index (χ2v) is 4.92. The average Bonchev–Trinajstić information content (AvgIpc) is 2.27. The molecule has 0 aromatic heterocycles. The van der Waals surface area contributed by atoms with E-state index >= 15 is 0 Å². The Kier molecular flexibility index (Phi) is 3.21. The van der Waals surface area contributed by atoms with Crippen molar-refractivity contribution in [2.45, 2.75) is 19.4 Å². The summed E-state index contributed by atoms with van der Waals surface area (Å²) < 4.78 is 18.8. The van der Waals surface area contributed by atoms with Crippen LogP contribution in [-0.4, -0.2) is 30.2 Å². The van der Waals surface area contributed by atoms with E-state index in [0.29, 0.717) is 25.4 Å². The van der Waals surface area contributed by atoms with E-state index in [9.17, 15) is 14.5 Å². The summed E-state index contributed by atoms with van der Waals surface area (Å²) in [5.41, 5.74) is -0.149. The maximum absolute atomic E-state index is 13.3. The largest absolute Gasteiger partial charge is 0.372 e. The highest BCUT2D eigenvalue weighted by atomic mass is 19.1. The zero-order chi connectivity index (χ0) is 13.3. The number of hydrogen-bond donors (Lipinski definition) is 0. The number of halogens is 1. The number of morpholine rings is 1. The SMILES string of the molecule is CC1(C)CN(c2cc(F)ccc2[N+](=O)[O-])CCO1. The summed E-state index contributed by atoms with van der Waals surface area (Å²) in [7, 11) is 0. The van der Waals surface area contributed by atoms with Crippen molar-refractivity contribution >= 4 is 11.4 Å². The topological polar surface area (TPSA) is 55.6 Å². The number of benzene rings is 1. The van der Waals surface area contributed by atoms with Crippen molar-refractivity contribution in [2.24, 2.45) is 0 Å². The number of nitrogens with zero attached hydrogens (tertiary/aromatic N) is 2. The normalized spacial score (nSPS) is 18.7. The van der Waals surface area contributed by atoms with E-state index in [4.69, 9.17) is 4.74 Å². The number of nitro benzene ring substituents is 1. The second kappa shape index (κ2) is 4.53. The van der Waals surface area contributed by atoms with Gasteiger partial charge in [-0.1, -0.05) is 0 Å². The highest BCUT2D eigenvalue weighted by Gasteiger charge is 2.30. The van der Waals surface area contributed by atoms with Crippen LogP contribution in [0.4, 0.5) is 15.8 Å². The number of ether oxygens (including phenoxy) is 1. The summed E-state index contributed by atoms with van der Waals surface area (Å²) in [5, 5.41) is 11.0. The summed E-state index contributed by atoms with van der Waals surface area (Å²) in [5.74, 6) is -0.472. The molecule has 1 saturated heterocycles. The monoisotopic (exact) mass is 254 g/mol. The fraction of sp³-hybridized carbons (Fsp3) is 0.500. The van der Waals surface area contributed by atoms with Gasteiger partial charge >= 0.3 is 0 Å². The van der Waals surface area contributed by atoms with E-state index in [1.165, 1.54) is 12.1 Å². The van der Waals surface area contributed by atoms with E-state index in [2.05, 4.69) is 0 Å². The standard InChI is InChI=1S/C12H15FN2O3/c1-12(2)8-14(5-6-18-12)11-7-9(13)3-4-10(11)15(16)17/h3-4,7H,5-6,8H2,1-2H3. The van der Waals surface area contributed by atoms with Crippen LogP contribution in [-0.2, 0) is 4.74 Å². The summed E-state index contributed by atoms with van der Waals surface area (Å²) in [4.78, 5) is 12.3. The van der Waals surface area contributed by atoms with Gasteiger partial charge in [0.25, 0.3) is 5.69 Å². The first kappa shape index (κ1) is 12.8.